The number of halogens is 2. The number of pyridine rings is 1. The van der Waals surface area contributed by atoms with Crippen LogP contribution in [0.4, 0.5) is 4.79 Å². The van der Waals surface area contributed by atoms with Crippen LogP contribution < -0.4 is 4.74 Å². The largest absolute Gasteiger partial charge is 0.465 e. The lowest BCUT2D eigenvalue weighted by Gasteiger charge is -2.44. The smallest absolute Gasteiger partial charge is 0.413 e. The zero-order valence-corrected chi connectivity index (χ0v) is 20.6. The van der Waals surface area contributed by atoms with Crippen molar-refractivity contribution >= 4 is 61.5 Å². The molecule has 1 spiro atoms. The van der Waals surface area contributed by atoms with Gasteiger partial charge >= 0.3 is 6.09 Å². The number of nitrogens with zero attached hydrogens (tertiary/aromatic N) is 3. The molecular formula is C20H19BrIN3O3S. The maximum atomic E-state index is 12.1. The number of hydrogen-bond acceptors (Lipinski definition) is 5. The van der Waals surface area contributed by atoms with Crippen LogP contribution in [0, 0.1) is 3.57 Å². The fourth-order valence-corrected chi connectivity index (χ4v) is 6.11. The van der Waals surface area contributed by atoms with Crippen LogP contribution in [0.2, 0.25) is 0 Å². The summed E-state index contributed by atoms with van der Waals surface area (Å²) in [7, 11) is 0. The lowest BCUT2D eigenvalue weighted by Crippen LogP contribution is -2.50. The van der Waals surface area contributed by atoms with Crippen LogP contribution in [-0.2, 0) is 4.75 Å². The van der Waals surface area contributed by atoms with E-state index >= 15 is 0 Å². The summed E-state index contributed by atoms with van der Waals surface area (Å²) in [4.78, 5) is 22.6. The summed E-state index contributed by atoms with van der Waals surface area (Å²) in [6, 6.07) is 8.08. The fraction of sp³-hybridized carbons (Fsp3) is 0.350. The number of hydrogen-bond donors (Lipinski definition) is 1. The van der Waals surface area contributed by atoms with E-state index in [2.05, 4.69) is 54.6 Å². The van der Waals surface area contributed by atoms with Crippen molar-refractivity contribution in [1.82, 2.24) is 9.88 Å². The van der Waals surface area contributed by atoms with Crippen LogP contribution in [0.3, 0.4) is 0 Å². The van der Waals surface area contributed by atoms with Gasteiger partial charge in [-0.25, -0.2) is 9.78 Å². The predicted molar refractivity (Wildman–Crippen MR) is 126 cm³/mol. The Morgan fingerprint density at radius 1 is 1.34 bits per heavy atom. The highest BCUT2D eigenvalue weighted by atomic mass is 127. The molecule has 0 fully saturated rings. The topological polar surface area (TPSA) is 75.0 Å². The third-order valence-corrected chi connectivity index (χ3v) is 7.46. The monoisotopic (exact) mass is 587 g/mol. The molecule has 1 unspecified atom stereocenters. The SMILES string of the molecule is CC(C)(C)N(C(=O)O)C1=NCCC2(S1)c1cc(I)ccc1Oc1ncc(Br)cc12. The Kier molecular flexibility index (Phi) is 5.35. The van der Waals surface area contributed by atoms with Gasteiger partial charge < -0.3 is 9.84 Å². The minimum absolute atomic E-state index is 0.494. The third kappa shape index (κ3) is 3.65. The van der Waals surface area contributed by atoms with Crippen LogP contribution in [0.5, 0.6) is 11.6 Å². The fourth-order valence-electron chi connectivity index (χ4n) is 3.65. The van der Waals surface area contributed by atoms with Crippen LogP contribution in [0.15, 0.2) is 39.9 Å². The van der Waals surface area contributed by atoms with E-state index in [1.54, 1.807) is 6.20 Å². The minimum Gasteiger partial charge on any atom is -0.465 e. The molecule has 1 N–H and O–H groups in total. The lowest BCUT2D eigenvalue weighted by molar-refractivity contribution is 0.142. The Morgan fingerprint density at radius 2 is 2.10 bits per heavy atom. The zero-order valence-electron chi connectivity index (χ0n) is 16.1. The first kappa shape index (κ1) is 20.9. The van der Waals surface area contributed by atoms with Crippen LogP contribution in [0.1, 0.15) is 38.3 Å². The van der Waals surface area contributed by atoms with Crippen LogP contribution >= 0.6 is 50.3 Å². The number of aliphatic imine (C=N–C) groups is 1. The quantitative estimate of drug-likeness (QED) is 0.379. The first-order valence-corrected chi connectivity index (χ1v) is 11.7. The van der Waals surface area contributed by atoms with E-state index in [-0.39, 0.29) is 0 Å². The van der Waals surface area contributed by atoms with Gasteiger partial charge in [-0.15, -0.1) is 0 Å². The summed E-state index contributed by atoms with van der Waals surface area (Å²) in [5.41, 5.74) is 1.33. The summed E-state index contributed by atoms with van der Waals surface area (Å²) < 4.78 is 7.52. The van der Waals surface area contributed by atoms with Gasteiger partial charge in [-0.05, 0) is 90.0 Å². The average Bonchev–Trinajstić information content (AvgIpc) is 2.62. The first-order chi connectivity index (χ1) is 13.6. The number of carboxylic acid groups (broad SMARTS) is 1. The number of benzene rings is 1. The normalized spacial score (nSPS) is 20.4. The molecule has 1 aromatic carbocycles. The number of thioether (sulfide) groups is 1. The number of amides is 1. The maximum absolute atomic E-state index is 12.1. The molecule has 0 radical (unpaired) electrons. The molecule has 0 aliphatic carbocycles. The second-order valence-corrected chi connectivity index (χ2v) is 11.3. The Hall–Kier alpha value is -1.33. The van der Waals surface area contributed by atoms with Crippen molar-refractivity contribution in [2.75, 3.05) is 6.54 Å². The lowest BCUT2D eigenvalue weighted by atomic mass is 9.85. The van der Waals surface area contributed by atoms with Gasteiger partial charge in [0.15, 0.2) is 5.17 Å². The van der Waals surface area contributed by atoms with Crippen molar-refractivity contribution in [3.05, 3.63) is 49.6 Å². The highest BCUT2D eigenvalue weighted by Gasteiger charge is 2.48. The van der Waals surface area contributed by atoms with Gasteiger partial charge in [0.2, 0.25) is 5.88 Å². The Bertz CT molecular complexity index is 987. The second-order valence-electron chi connectivity index (χ2n) is 7.88. The highest BCUT2D eigenvalue weighted by molar-refractivity contribution is 14.1. The van der Waals surface area contributed by atoms with Gasteiger partial charge in [0.1, 0.15) is 5.75 Å². The number of carbonyl (C=O) groups is 1. The molecule has 29 heavy (non-hydrogen) atoms. The van der Waals surface area contributed by atoms with E-state index < -0.39 is 16.4 Å². The standard InChI is InChI=1S/C20H19BrIN3O3S/c1-19(2,3)25(18(26)27)17-23-7-6-20(29-17)13-9-12(22)4-5-15(13)28-16-14(20)8-11(21)10-24-16/h4-5,8-10H,6-7H2,1-3H3,(H,26,27). The van der Waals surface area contributed by atoms with Gasteiger partial charge in [0, 0.05) is 37.5 Å². The predicted octanol–water partition coefficient (Wildman–Crippen LogP) is 6.07. The molecule has 2 aliphatic heterocycles. The molecule has 1 aromatic heterocycles. The third-order valence-electron chi connectivity index (χ3n) is 4.87. The van der Waals surface area contributed by atoms with Crippen molar-refractivity contribution in [2.24, 2.45) is 4.99 Å². The molecule has 6 nitrogen and oxygen atoms in total. The van der Waals surface area contributed by atoms with Crippen LogP contribution in [0.25, 0.3) is 0 Å². The summed E-state index contributed by atoms with van der Waals surface area (Å²) in [5, 5.41) is 10.4. The summed E-state index contributed by atoms with van der Waals surface area (Å²) in [5.74, 6) is 1.30. The number of rotatable bonds is 0. The van der Waals surface area contributed by atoms with Crippen molar-refractivity contribution in [3.63, 3.8) is 0 Å². The second kappa shape index (κ2) is 7.42. The minimum atomic E-state index is -1.01. The van der Waals surface area contributed by atoms with E-state index in [0.29, 0.717) is 17.6 Å². The van der Waals surface area contributed by atoms with Gasteiger partial charge in [0.25, 0.3) is 0 Å². The highest BCUT2D eigenvalue weighted by Crippen LogP contribution is 2.58. The number of fused-ring (bicyclic) bond motifs is 4. The molecular weight excluding hydrogens is 569 g/mol. The molecule has 9 heteroatoms. The van der Waals surface area contributed by atoms with E-state index in [1.807, 2.05) is 39.0 Å². The molecule has 2 aromatic rings. The van der Waals surface area contributed by atoms with E-state index in [4.69, 9.17) is 4.74 Å². The van der Waals surface area contributed by atoms with Gasteiger partial charge in [-0.2, -0.15) is 0 Å². The molecule has 2 aliphatic rings. The zero-order chi connectivity index (χ0) is 21.0. The van der Waals surface area contributed by atoms with Gasteiger partial charge in [-0.3, -0.25) is 9.89 Å². The average molecular weight is 588 g/mol. The van der Waals surface area contributed by atoms with E-state index in [1.165, 1.54) is 16.7 Å². The summed E-state index contributed by atoms with van der Waals surface area (Å²) in [6.07, 6.45) is 1.43. The summed E-state index contributed by atoms with van der Waals surface area (Å²) in [6.45, 7) is 6.13. The van der Waals surface area contributed by atoms with Crippen molar-refractivity contribution in [2.45, 2.75) is 37.5 Å². The molecule has 1 amide bonds. The molecule has 1 atom stereocenters. The number of amidine groups is 1. The Morgan fingerprint density at radius 3 is 2.79 bits per heavy atom. The molecule has 3 heterocycles. The number of aromatic nitrogens is 1. The van der Waals surface area contributed by atoms with Crippen molar-refractivity contribution in [3.8, 4) is 11.6 Å². The molecule has 0 bridgehead atoms. The van der Waals surface area contributed by atoms with E-state index in [0.717, 1.165) is 31.3 Å². The Labute approximate surface area is 195 Å². The summed E-state index contributed by atoms with van der Waals surface area (Å²) >= 11 is 7.29. The molecule has 4 rings (SSSR count). The molecule has 0 saturated heterocycles. The first-order valence-electron chi connectivity index (χ1n) is 9.02. The van der Waals surface area contributed by atoms with Gasteiger partial charge in [0.05, 0.1) is 4.75 Å². The molecule has 0 saturated carbocycles. The Balaban J connectivity index is 1.91. The number of ether oxygens (including phenoxy) is 1. The van der Waals surface area contributed by atoms with Gasteiger partial charge in [-0.1, -0.05) is 11.8 Å². The van der Waals surface area contributed by atoms with Crippen LogP contribution in [-0.4, -0.2) is 38.3 Å². The van der Waals surface area contributed by atoms with E-state index in [9.17, 15) is 9.90 Å². The van der Waals surface area contributed by atoms with Crippen molar-refractivity contribution in [1.29, 1.82) is 0 Å². The maximum Gasteiger partial charge on any atom is 0.413 e. The molecule has 152 valence electrons. The van der Waals surface area contributed by atoms with Crippen molar-refractivity contribution < 1.29 is 14.6 Å².